The molecule has 0 bridgehead atoms. The molecule has 0 aliphatic rings. The Bertz CT molecular complexity index is 236. The first-order chi connectivity index (χ1) is 4.87. The van der Waals surface area contributed by atoms with E-state index in [1.54, 1.807) is 6.92 Å². The number of thiocarbonyl (C=S) groups is 1. The molecule has 7 heteroatoms. The Morgan fingerprint density at radius 3 is 2.27 bits per heavy atom. The van der Waals surface area contributed by atoms with Crippen LogP contribution in [0.2, 0.25) is 0 Å². The Labute approximate surface area is 71.3 Å². The summed E-state index contributed by atoms with van der Waals surface area (Å²) in [6.07, 6.45) is 0.492. The SMILES string of the molecule is CCC(NS(N)(=O)=O)C(N)=S. The summed E-state index contributed by atoms with van der Waals surface area (Å²) in [6.45, 7) is 1.75. The highest BCUT2D eigenvalue weighted by Crippen LogP contribution is 1.91. The van der Waals surface area contributed by atoms with E-state index in [4.69, 9.17) is 10.9 Å². The van der Waals surface area contributed by atoms with Crippen LogP contribution in [-0.2, 0) is 10.2 Å². The molecule has 0 aromatic rings. The lowest BCUT2D eigenvalue weighted by atomic mass is 10.2. The topological polar surface area (TPSA) is 98.2 Å². The highest BCUT2D eigenvalue weighted by Gasteiger charge is 2.13. The predicted octanol–water partition coefficient (Wildman–Crippen LogP) is -1.16. The van der Waals surface area contributed by atoms with Gasteiger partial charge in [-0.05, 0) is 6.42 Å². The molecule has 0 aromatic heterocycles. The van der Waals surface area contributed by atoms with Gasteiger partial charge in [-0.3, -0.25) is 0 Å². The average molecular weight is 197 g/mol. The van der Waals surface area contributed by atoms with Gasteiger partial charge in [0.2, 0.25) is 0 Å². The molecular weight excluding hydrogens is 186 g/mol. The monoisotopic (exact) mass is 197 g/mol. The van der Waals surface area contributed by atoms with Gasteiger partial charge in [-0.25, -0.2) is 5.14 Å². The van der Waals surface area contributed by atoms with Crippen molar-refractivity contribution in [2.45, 2.75) is 19.4 Å². The van der Waals surface area contributed by atoms with Crippen LogP contribution in [0.5, 0.6) is 0 Å². The molecule has 1 atom stereocenters. The summed E-state index contributed by atoms with van der Waals surface area (Å²) in [6, 6.07) is -0.542. The lowest BCUT2D eigenvalue weighted by Gasteiger charge is -2.12. The second-order valence-corrected chi connectivity index (χ2v) is 3.82. The molecule has 0 amide bonds. The van der Waals surface area contributed by atoms with Crippen molar-refractivity contribution in [1.29, 1.82) is 0 Å². The van der Waals surface area contributed by atoms with E-state index >= 15 is 0 Å². The van der Waals surface area contributed by atoms with E-state index < -0.39 is 16.3 Å². The first-order valence-electron chi connectivity index (χ1n) is 2.96. The molecule has 0 spiro atoms. The van der Waals surface area contributed by atoms with Crippen LogP contribution in [0.4, 0.5) is 0 Å². The van der Waals surface area contributed by atoms with Crippen molar-refractivity contribution in [3.05, 3.63) is 0 Å². The molecule has 0 heterocycles. The van der Waals surface area contributed by atoms with Gasteiger partial charge in [-0.15, -0.1) is 0 Å². The maximum atomic E-state index is 10.5. The van der Waals surface area contributed by atoms with E-state index in [2.05, 4.69) is 16.9 Å². The molecule has 0 rings (SSSR count). The molecule has 66 valence electrons. The van der Waals surface area contributed by atoms with Crippen molar-refractivity contribution in [1.82, 2.24) is 4.72 Å². The summed E-state index contributed by atoms with van der Waals surface area (Å²) in [5.41, 5.74) is 5.20. The van der Waals surface area contributed by atoms with Gasteiger partial charge in [-0.1, -0.05) is 19.1 Å². The molecular formula is C4H11N3O2S2. The average Bonchev–Trinajstić information content (AvgIpc) is 1.80. The first kappa shape index (κ1) is 10.8. The lowest BCUT2D eigenvalue weighted by molar-refractivity contribution is 0.574. The van der Waals surface area contributed by atoms with E-state index in [-0.39, 0.29) is 4.99 Å². The molecule has 1 unspecified atom stereocenters. The van der Waals surface area contributed by atoms with Crippen molar-refractivity contribution in [3.8, 4) is 0 Å². The minimum absolute atomic E-state index is 0.0986. The Balaban J connectivity index is 4.22. The largest absolute Gasteiger partial charge is 0.392 e. The van der Waals surface area contributed by atoms with Crippen molar-refractivity contribution in [2.24, 2.45) is 10.9 Å². The molecule has 0 aliphatic heterocycles. The van der Waals surface area contributed by atoms with Gasteiger partial charge in [-0.2, -0.15) is 13.1 Å². The summed E-state index contributed by atoms with van der Waals surface area (Å²) in [5, 5.41) is 4.70. The van der Waals surface area contributed by atoms with Crippen molar-refractivity contribution >= 4 is 27.4 Å². The minimum atomic E-state index is -3.70. The van der Waals surface area contributed by atoms with Gasteiger partial charge in [0.1, 0.15) is 0 Å². The molecule has 11 heavy (non-hydrogen) atoms. The van der Waals surface area contributed by atoms with E-state index in [0.29, 0.717) is 6.42 Å². The smallest absolute Gasteiger partial charge is 0.275 e. The van der Waals surface area contributed by atoms with Crippen molar-refractivity contribution in [3.63, 3.8) is 0 Å². The second kappa shape index (κ2) is 3.96. The molecule has 0 fully saturated rings. The highest BCUT2D eigenvalue weighted by molar-refractivity contribution is 7.87. The number of nitrogens with two attached hydrogens (primary N) is 2. The van der Waals surface area contributed by atoms with Crippen LogP contribution in [0.3, 0.4) is 0 Å². The zero-order valence-electron chi connectivity index (χ0n) is 6.07. The molecule has 0 saturated heterocycles. The fourth-order valence-corrected chi connectivity index (χ4v) is 1.53. The second-order valence-electron chi connectivity index (χ2n) is 2.03. The van der Waals surface area contributed by atoms with Crippen LogP contribution < -0.4 is 15.6 Å². The van der Waals surface area contributed by atoms with Crippen LogP contribution in [0.1, 0.15) is 13.3 Å². The van der Waals surface area contributed by atoms with Crippen LogP contribution in [0.25, 0.3) is 0 Å². The van der Waals surface area contributed by atoms with Crippen LogP contribution in [0.15, 0.2) is 0 Å². The summed E-state index contributed by atoms with van der Waals surface area (Å²) >= 11 is 4.58. The van der Waals surface area contributed by atoms with Crippen LogP contribution in [0, 0.1) is 0 Å². The highest BCUT2D eigenvalue weighted by atomic mass is 32.2. The standard InChI is InChI=1S/C4H11N3O2S2/c1-2-3(4(5)10)7-11(6,8)9/h3,7H,2H2,1H3,(H2,5,10)(H2,6,8,9). The molecule has 0 saturated carbocycles. The van der Waals surface area contributed by atoms with Gasteiger partial charge in [0, 0.05) is 0 Å². The predicted molar refractivity (Wildman–Crippen MR) is 47.1 cm³/mol. The summed E-state index contributed by atoms with van der Waals surface area (Å²) in [5.74, 6) is 0. The zero-order chi connectivity index (χ0) is 9.07. The Morgan fingerprint density at radius 1 is 1.73 bits per heavy atom. The van der Waals surface area contributed by atoms with Gasteiger partial charge in [0.05, 0.1) is 11.0 Å². The van der Waals surface area contributed by atoms with E-state index in [0.717, 1.165) is 0 Å². The van der Waals surface area contributed by atoms with E-state index in [1.165, 1.54) is 0 Å². The minimum Gasteiger partial charge on any atom is -0.392 e. The molecule has 0 aliphatic carbocycles. The summed E-state index contributed by atoms with van der Waals surface area (Å²) in [4.78, 5) is 0.0986. The summed E-state index contributed by atoms with van der Waals surface area (Å²) in [7, 11) is -3.70. The van der Waals surface area contributed by atoms with E-state index in [1.807, 2.05) is 0 Å². The third-order valence-electron chi connectivity index (χ3n) is 1.06. The number of rotatable bonds is 4. The fourth-order valence-electron chi connectivity index (χ4n) is 0.541. The van der Waals surface area contributed by atoms with Crippen molar-refractivity contribution in [2.75, 3.05) is 0 Å². The van der Waals surface area contributed by atoms with E-state index in [9.17, 15) is 8.42 Å². The zero-order valence-corrected chi connectivity index (χ0v) is 7.71. The Hall–Kier alpha value is -0.240. The number of nitrogens with one attached hydrogen (secondary N) is 1. The van der Waals surface area contributed by atoms with Crippen LogP contribution >= 0.6 is 12.2 Å². The summed E-state index contributed by atoms with van der Waals surface area (Å²) < 4.78 is 23.0. The first-order valence-corrected chi connectivity index (χ1v) is 4.91. The third kappa shape index (κ3) is 5.08. The molecule has 0 aromatic carbocycles. The maximum absolute atomic E-state index is 10.5. The number of hydrogen-bond acceptors (Lipinski definition) is 3. The molecule has 5 N–H and O–H groups in total. The number of hydrogen-bond donors (Lipinski definition) is 3. The quantitative estimate of drug-likeness (QED) is 0.495. The third-order valence-corrected chi connectivity index (χ3v) is 1.96. The maximum Gasteiger partial charge on any atom is 0.275 e. The van der Waals surface area contributed by atoms with Crippen LogP contribution in [-0.4, -0.2) is 19.4 Å². The van der Waals surface area contributed by atoms with Gasteiger partial charge < -0.3 is 5.73 Å². The lowest BCUT2D eigenvalue weighted by Crippen LogP contribution is -2.45. The van der Waals surface area contributed by atoms with Crippen molar-refractivity contribution < 1.29 is 8.42 Å². The fraction of sp³-hybridized carbons (Fsp3) is 0.750. The molecule has 5 nitrogen and oxygen atoms in total. The molecule has 0 radical (unpaired) electrons. The Morgan fingerprint density at radius 2 is 2.18 bits per heavy atom. The van der Waals surface area contributed by atoms with Gasteiger partial charge in [0.25, 0.3) is 10.2 Å². The van der Waals surface area contributed by atoms with Gasteiger partial charge in [0.15, 0.2) is 0 Å². The Kier molecular flexibility index (Phi) is 3.87. The normalized spacial score (nSPS) is 14.4. The van der Waals surface area contributed by atoms with Gasteiger partial charge >= 0.3 is 0 Å².